The van der Waals surface area contributed by atoms with E-state index in [1.807, 2.05) is 6.07 Å². The summed E-state index contributed by atoms with van der Waals surface area (Å²) in [6, 6.07) is 6.12. The number of benzene rings is 1. The van der Waals surface area contributed by atoms with Crippen molar-refractivity contribution in [3.63, 3.8) is 0 Å². The maximum absolute atomic E-state index is 6.26. The van der Waals surface area contributed by atoms with Crippen LogP contribution in [0.5, 0.6) is 0 Å². The number of nitrogens with two attached hydrogens (primary N) is 1. The number of halogens is 1. The molecular formula is C12H12ClN3. The molecule has 1 heterocycles. The Hall–Kier alpha value is -1.48. The number of aromatic amines is 1. The molecule has 0 atom stereocenters. The molecule has 16 heavy (non-hydrogen) atoms. The zero-order valence-electron chi connectivity index (χ0n) is 8.70. The van der Waals surface area contributed by atoms with Gasteiger partial charge in [0, 0.05) is 10.6 Å². The lowest BCUT2D eigenvalue weighted by molar-refractivity contribution is 1.10. The number of aromatic nitrogens is 2. The van der Waals surface area contributed by atoms with Crippen LogP contribution in [0.3, 0.4) is 0 Å². The van der Waals surface area contributed by atoms with E-state index in [2.05, 4.69) is 22.3 Å². The molecule has 1 aromatic carbocycles. The van der Waals surface area contributed by atoms with Gasteiger partial charge in [0.2, 0.25) is 0 Å². The van der Waals surface area contributed by atoms with Gasteiger partial charge >= 0.3 is 0 Å². The first-order valence-corrected chi connectivity index (χ1v) is 5.72. The second kappa shape index (κ2) is 3.52. The zero-order valence-corrected chi connectivity index (χ0v) is 9.46. The molecule has 0 saturated heterocycles. The average Bonchev–Trinajstić information content (AvgIpc) is 3.01. The monoisotopic (exact) mass is 233 g/mol. The summed E-state index contributed by atoms with van der Waals surface area (Å²) in [5, 5.41) is 7.46. The Morgan fingerprint density at radius 2 is 2.19 bits per heavy atom. The lowest BCUT2D eigenvalue weighted by atomic mass is 10.0. The van der Waals surface area contributed by atoms with Crippen molar-refractivity contribution in [1.29, 1.82) is 0 Å². The molecular weight excluding hydrogens is 222 g/mol. The Kier molecular flexibility index (Phi) is 2.14. The molecule has 4 heteroatoms. The van der Waals surface area contributed by atoms with Crippen molar-refractivity contribution >= 4 is 17.4 Å². The van der Waals surface area contributed by atoms with E-state index in [9.17, 15) is 0 Å². The van der Waals surface area contributed by atoms with Gasteiger partial charge in [-0.3, -0.25) is 5.10 Å². The van der Waals surface area contributed by atoms with Crippen molar-refractivity contribution in [2.75, 3.05) is 5.73 Å². The predicted octanol–water partition coefficient (Wildman–Crippen LogP) is 3.19. The third-order valence-electron chi connectivity index (χ3n) is 3.00. The fourth-order valence-electron chi connectivity index (χ4n) is 1.95. The molecule has 1 aliphatic rings. The number of hydrogen-bond donors (Lipinski definition) is 2. The molecule has 0 spiro atoms. The van der Waals surface area contributed by atoms with E-state index in [1.54, 1.807) is 6.20 Å². The van der Waals surface area contributed by atoms with Gasteiger partial charge in [0.05, 0.1) is 6.20 Å². The maximum atomic E-state index is 6.26. The second-order valence-electron chi connectivity index (χ2n) is 4.21. The number of nitrogens with one attached hydrogen (secondary N) is 1. The van der Waals surface area contributed by atoms with Crippen LogP contribution in [-0.2, 0) is 0 Å². The van der Waals surface area contributed by atoms with Crippen LogP contribution in [-0.4, -0.2) is 10.2 Å². The highest BCUT2D eigenvalue weighted by Crippen LogP contribution is 2.44. The SMILES string of the molecule is Nc1[nH]ncc1-c1ccc(C2CC2)c(Cl)c1. The van der Waals surface area contributed by atoms with Crippen LogP contribution in [0.2, 0.25) is 5.02 Å². The summed E-state index contributed by atoms with van der Waals surface area (Å²) in [7, 11) is 0. The van der Waals surface area contributed by atoms with Gasteiger partial charge in [-0.2, -0.15) is 5.10 Å². The first-order valence-electron chi connectivity index (χ1n) is 5.34. The van der Waals surface area contributed by atoms with Crippen LogP contribution < -0.4 is 5.73 Å². The molecule has 3 rings (SSSR count). The van der Waals surface area contributed by atoms with Gasteiger partial charge in [-0.25, -0.2) is 0 Å². The Morgan fingerprint density at radius 1 is 1.38 bits per heavy atom. The topological polar surface area (TPSA) is 54.7 Å². The fraction of sp³-hybridized carbons (Fsp3) is 0.250. The molecule has 0 unspecified atom stereocenters. The number of anilines is 1. The Morgan fingerprint density at radius 3 is 2.75 bits per heavy atom. The third kappa shape index (κ3) is 1.57. The van der Waals surface area contributed by atoms with Gasteiger partial charge < -0.3 is 5.73 Å². The molecule has 2 aromatic rings. The molecule has 0 bridgehead atoms. The molecule has 0 amide bonds. The van der Waals surface area contributed by atoms with E-state index in [0.29, 0.717) is 11.7 Å². The summed E-state index contributed by atoms with van der Waals surface area (Å²) in [6.45, 7) is 0. The van der Waals surface area contributed by atoms with Crippen LogP contribution in [0, 0.1) is 0 Å². The highest BCUT2D eigenvalue weighted by Gasteiger charge is 2.25. The molecule has 0 aliphatic heterocycles. The minimum Gasteiger partial charge on any atom is -0.384 e. The van der Waals surface area contributed by atoms with E-state index in [0.717, 1.165) is 16.1 Å². The summed E-state index contributed by atoms with van der Waals surface area (Å²) in [4.78, 5) is 0. The number of nitrogen functional groups attached to an aromatic ring is 1. The number of hydrogen-bond acceptors (Lipinski definition) is 2. The number of nitrogens with zero attached hydrogens (tertiary/aromatic N) is 1. The van der Waals surface area contributed by atoms with Gasteiger partial charge in [0.1, 0.15) is 5.82 Å². The van der Waals surface area contributed by atoms with Crippen molar-refractivity contribution in [2.45, 2.75) is 18.8 Å². The standard InChI is InChI=1S/C12H12ClN3/c13-11-5-8(10-6-15-16-12(10)14)3-4-9(11)7-1-2-7/h3-7H,1-2H2,(H3,14,15,16). The van der Waals surface area contributed by atoms with Crippen molar-refractivity contribution in [3.05, 3.63) is 35.0 Å². The molecule has 3 nitrogen and oxygen atoms in total. The largest absolute Gasteiger partial charge is 0.384 e. The van der Waals surface area contributed by atoms with E-state index in [-0.39, 0.29) is 0 Å². The van der Waals surface area contributed by atoms with E-state index >= 15 is 0 Å². The third-order valence-corrected chi connectivity index (χ3v) is 3.32. The van der Waals surface area contributed by atoms with Gasteiger partial charge in [0.25, 0.3) is 0 Å². The lowest BCUT2D eigenvalue weighted by Crippen LogP contribution is -1.88. The molecule has 1 saturated carbocycles. The molecule has 82 valence electrons. The van der Waals surface area contributed by atoms with Crippen LogP contribution in [0.15, 0.2) is 24.4 Å². The lowest BCUT2D eigenvalue weighted by Gasteiger charge is -2.05. The van der Waals surface area contributed by atoms with Gasteiger partial charge in [-0.05, 0) is 36.0 Å². The van der Waals surface area contributed by atoms with Crippen LogP contribution in [0.1, 0.15) is 24.3 Å². The normalized spacial score (nSPS) is 15.3. The highest BCUT2D eigenvalue weighted by atomic mass is 35.5. The van der Waals surface area contributed by atoms with Crippen LogP contribution in [0.4, 0.5) is 5.82 Å². The Labute approximate surface area is 98.6 Å². The molecule has 0 radical (unpaired) electrons. The molecule has 1 aliphatic carbocycles. The summed E-state index contributed by atoms with van der Waals surface area (Å²) in [5.74, 6) is 1.25. The zero-order chi connectivity index (χ0) is 11.1. The smallest absolute Gasteiger partial charge is 0.126 e. The first kappa shape index (κ1) is 9.73. The Bertz CT molecular complexity index is 529. The average molecular weight is 234 g/mol. The molecule has 1 fully saturated rings. The van der Waals surface area contributed by atoms with Gasteiger partial charge in [-0.1, -0.05) is 23.7 Å². The summed E-state index contributed by atoms with van der Waals surface area (Å²) in [6.07, 6.45) is 4.23. The van der Waals surface area contributed by atoms with E-state index in [4.69, 9.17) is 17.3 Å². The molecule has 1 aromatic heterocycles. The summed E-state index contributed by atoms with van der Waals surface area (Å²) < 4.78 is 0. The van der Waals surface area contributed by atoms with Gasteiger partial charge in [-0.15, -0.1) is 0 Å². The number of rotatable bonds is 2. The second-order valence-corrected chi connectivity index (χ2v) is 4.62. The highest BCUT2D eigenvalue weighted by molar-refractivity contribution is 6.31. The van der Waals surface area contributed by atoms with E-state index < -0.39 is 0 Å². The van der Waals surface area contributed by atoms with Crippen molar-refractivity contribution in [2.24, 2.45) is 0 Å². The first-order chi connectivity index (χ1) is 7.75. The van der Waals surface area contributed by atoms with Gasteiger partial charge in [0.15, 0.2) is 0 Å². The molecule has 3 N–H and O–H groups in total. The Balaban J connectivity index is 2.03. The fourth-order valence-corrected chi connectivity index (χ4v) is 2.28. The van der Waals surface area contributed by atoms with Crippen molar-refractivity contribution < 1.29 is 0 Å². The summed E-state index contributed by atoms with van der Waals surface area (Å²) >= 11 is 6.26. The van der Waals surface area contributed by atoms with Crippen molar-refractivity contribution in [1.82, 2.24) is 10.2 Å². The quantitative estimate of drug-likeness (QED) is 0.837. The minimum absolute atomic E-state index is 0.579. The maximum Gasteiger partial charge on any atom is 0.126 e. The van der Waals surface area contributed by atoms with Crippen molar-refractivity contribution in [3.8, 4) is 11.1 Å². The number of H-pyrrole nitrogens is 1. The van der Waals surface area contributed by atoms with Crippen LogP contribution >= 0.6 is 11.6 Å². The van der Waals surface area contributed by atoms with E-state index in [1.165, 1.54) is 18.4 Å². The minimum atomic E-state index is 0.579. The predicted molar refractivity (Wildman–Crippen MR) is 65.4 cm³/mol. The van der Waals surface area contributed by atoms with Crippen LogP contribution in [0.25, 0.3) is 11.1 Å². The summed E-state index contributed by atoms with van der Waals surface area (Å²) in [5.41, 5.74) is 8.95.